The van der Waals surface area contributed by atoms with Crippen LogP contribution in [0, 0.1) is 11.6 Å². The molecule has 0 saturated carbocycles. The lowest BCUT2D eigenvalue weighted by Crippen LogP contribution is -2.04. The van der Waals surface area contributed by atoms with Crippen LogP contribution in [0.1, 0.15) is 19.8 Å². The third-order valence-electron chi connectivity index (χ3n) is 1.66. The summed E-state index contributed by atoms with van der Waals surface area (Å²) in [5, 5.41) is 0. The molecule has 0 unspecified atom stereocenters. The Bertz CT molecular complexity index is 318. The molecule has 5 heteroatoms. The van der Waals surface area contributed by atoms with Gasteiger partial charge in [0.1, 0.15) is 0 Å². The fourth-order valence-corrected chi connectivity index (χ4v) is 0.878. The molecule has 0 fully saturated rings. The highest BCUT2D eigenvalue weighted by atomic mass is 19.1. The van der Waals surface area contributed by atoms with Gasteiger partial charge in [0.2, 0.25) is 0 Å². The first kappa shape index (κ1) is 10.7. The summed E-state index contributed by atoms with van der Waals surface area (Å²) >= 11 is 0. The van der Waals surface area contributed by atoms with Crippen molar-refractivity contribution in [3.05, 3.63) is 17.7 Å². The number of rotatable bonds is 4. The van der Waals surface area contributed by atoms with E-state index in [4.69, 9.17) is 10.5 Å². The number of nitrogens with two attached hydrogens (primary N) is 1. The molecule has 0 radical (unpaired) electrons. The normalized spacial score (nSPS) is 10.2. The molecule has 0 atom stereocenters. The number of aromatic nitrogens is 1. The number of halogens is 2. The summed E-state index contributed by atoms with van der Waals surface area (Å²) in [7, 11) is 0. The zero-order valence-electron chi connectivity index (χ0n) is 7.89. The number of nitrogen functional groups attached to an aromatic ring is 1. The number of hydrogen-bond donors (Lipinski definition) is 1. The van der Waals surface area contributed by atoms with Crippen LogP contribution < -0.4 is 10.5 Å². The summed E-state index contributed by atoms with van der Waals surface area (Å²) in [4.78, 5) is 3.45. The van der Waals surface area contributed by atoms with Gasteiger partial charge in [-0.3, -0.25) is 0 Å². The van der Waals surface area contributed by atoms with E-state index < -0.39 is 11.6 Å². The number of unbranched alkanes of at least 4 members (excludes halogenated alkanes) is 1. The summed E-state index contributed by atoms with van der Waals surface area (Å²) in [6.07, 6.45) is 1.72. The lowest BCUT2D eigenvalue weighted by molar-refractivity contribution is 0.281. The summed E-state index contributed by atoms with van der Waals surface area (Å²) in [6, 6.07) is 0.670. The molecular weight excluding hydrogens is 190 g/mol. The van der Waals surface area contributed by atoms with Gasteiger partial charge in [0, 0.05) is 6.07 Å². The summed E-state index contributed by atoms with van der Waals surface area (Å²) in [5.41, 5.74) is 5.16. The molecule has 1 rings (SSSR count). The van der Waals surface area contributed by atoms with Crippen molar-refractivity contribution < 1.29 is 13.5 Å². The first-order valence-corrected chi connectivity index (χ1v) is 4.39. The van der Waals surface area contributed by atoms with E-state index in [-0.39, 0.29) is 11.7 Å². The van der Waals surface area contributed by atoms with Gasteiger partial charge >= 0.3 is 0 Å². The maximum atomic E-state index is 13.0. The van der Waals surface area contributed by atoms with Crippen molar-refractivity contribution in [1.29, 1.82) is 0 Å². The highest BCUT2D eigenvalue weighted by Crippen LogP contribution is 2.18. The molecule has 0 aromatic carbocycles. The van der Waals surface area contributed by atoms with Crippen molar-refractivity contribution in [2.45, 2.75) is 19.8 Å². The van der Waals surface area contributed by atoms with E-state index in [1.807, 2.05) is 6.92 Å². The molecule has 0 saturated heterocycles. The summed E-state index contributed by atoms with van der Waals surface area (Å²) in [6.45, 7) is 2.33. The van der Waals surface area contributed by atoms with Gasteiger partial charge in [0.25, 0.3) is 5.88 Å². The molecule has 0 amide bonds. The summed E-state index contributed by atoms with van der Waals surface area (Å²) in [5.74, 6) is -2.28. The highest BCUT2D eigenvalue weighted by Gasteiger charge is 2.10. The predicted molar refractivity (Wildman–Crippen MR) is 49.0 cm³/mol. The number of pyridine rings is 1. The van der Waals surface area contributed by atoms with Crippen LogP contribution in [-0.2, 0) is 0 Å². The van der Waals surface area contributed by atoms with E-state index in [0.29, 0.717) is 12.7 Å². The Morgan fingerprint density at radius 3 is 2.79 bits per heavy atom. The van der Waals surface area contributed by atoms with Gasteiger partial charge in [0.05, 0.1) is 6.61 Å². The number of ether oxygens (including phenoxy) is 1. The minimum Gasteiger partial charge on any atom is -0.476 e. The number of nitrogens with zero attached hydrogens (tertiary/aromatic N) is 1. The van der Waals surface area contributed by atoms with E-state index >= 15 is 0 Å². The molecule has 0 aliphatic carbocycles. The van der Waals surface area contributed by atoms with Crippen molar-refractivity contribution in [2.75, 3.05) is 12.3 Å². The molecule has 1 heterocycles. The number of hydrogen-bond acceptors (Lipinski definition) is 3. The third kappa shape index (κ3) is 2.55. The molecule has 78 valence electrons. The van der Waals surface area contributed by atoms with E-state index in [2.05, 4.69) is 4.98 Å². The second kappa shape index (κ2) is 4.74. The average Bonchev–Trinajstić information content (AvgIpc) is 2.14. The molecule has 1 aromatic heterocycles. The zero-order valence-corrected chi connectivity index (χ0v) is 7.89. The Hall–Kier alpha value is -1.39. The maximum Gasteiger partial charge on any atom is 0.252 e. The minimum absolute atomic E-state index is 0.239. The van der Waals surface area contributed by atoms with Crippen molar-refractivity contribution in [3.8, 4) is 5.88 Å². The fraction of sp³-hybridized carbons (Fsp3) is 0.444. The number of anilines is 1. The quantitative estimate of drug-likeness (QED) is 0.761. The standard InChI is InChI=1S/C9H12F2N2O/c1-2-3-4-14-9-7(11)5-6(10)8(12)13-9/h5H,2-4H2,1H3,(H2,12,13). The van der Waals surface area contributed by atoms with E-state index in [1.54, 1.807) is 0 Å². The lowest BCUT2D eigenvalue weighted by Gasteiger charge is -2.06. The first-order valence-electron chi connectivity index (χ1n) is 4.39. The van der Waals surface area contributed by atoms with Crippen LogP contribution in [0.3, 0.4) is 0 Å². The van der Waals surface area contributed by atoms with Crippen LogP contribution in [0.2, 0.25) is 0 Å². The van der Waals surface area contributed by atoms with Crippen molar-refractivity contribution in [1.82, 2.24) is 4.98 Å². The maximum absolute atomic E-state index is 13.0. The van der Waals surface area contributed by atoms with Gasteiger partial charge in [-0.2, -0.15) is 4.98 Å². The third-order valence-corrected chi connectivity index (χ3v) is 1.66. The van der Waals surface area contributed by atoms with E-state index in [0.717, 1.165) is 12.8 Å². The van der Waals surface area contributed by atoms with Crippen molar-refractivity contribution in [2.24, 2.45) is 0 Å². The first-order chi connectivity index (χ1) is 6.65. The van der Waals surface area contributed by atoms with Crippen LogP contribution in [0.4, 0.5) is 14.6 Å². The minimum atomic E-state index is -0.870. The Morgan fingerprint density at radius 2 is 2.14 bits per heavy atom. The predicted octanol–water partition coefficient (Wildman–Crippen LogP) is 2.12. The van der Waals surface area contributed by atoms with Gasteiger partial charge < -0.3 is 10.5 Å². The monoisotopic (exact) mass is 202 g/mol. The average molecular weight is 202 g/mol. The molecule has 14 heavy (non-hydrogen) atoms. The van der Waals surface area contributed by atoms with Crippen LogP contribution in [0.5, 0.6) is 5.88 Å². The second-order valence-electron chi connectivity index (χ2n) is 2.84. The van der Waals surface area contributed by atoms with Crippen LogP contribution in [0.15, 0.2) is 6.07 Å². The lowest BCUT2D eigenvalue weighted by atomic mass is 10.3. The van der Waals surface area contributed by atoms with E-state index in [1.165, 1.54) is 0 Å². The molecule has 2 N–H and O–H groups in total. The van der Waals surface area contributed by atoms with Crippen molar-refractivity contribution in [3.63, 3.8) is 0 Å². The van der Waals surface area contributed by atoms with E-state index in [9.17, 15) is 8.78 Å². The highest BCUT2D eigenvalue weighted by molar-refractivity contribution is 5.34. The molecule has 0 aliphatic heterocycles. The SMILES string of the molecule is CCCCOc1nc(N)c(F)cc1F. The van der Waals surface area contributed by atoms with Gasteiger partial charge in [-0.25, -0.2) is 8.78 Å². The van der Waals surface area contributed by atoms with Crippen LogP contribution in [-0.4, -0.2) is 11.6 Å². The second-order valence-corrected chi connectivity index (χ2v) is 2.84. The Balaban J connectivity index is 2.72. The smallest absolute Gasteiger partial charge is 0.252 e. The Kier molecular flexibility index (Phi) is 3.62. The Labute approximate surface area is 80.9 Å². The fourth-order valence-electron chi connectivity index (χ4n) is 0.878. The molecule has 1 aromatic rings. The van der Waals surface area contributed by atoms with Gasteiger partial charge in [-0.05, 0) is 6.42 Å². The Morgan fingerprint density at radius 1 is 1.43 bits per heavy atom. The summed E-state index contributed by atoms with van der Waals surface area (Å²) < 4.78 is 30.6. The molecule has 3 nitrogen and oxygen atoms in total. The van der Waals surface area contributed by atoms with Crippen LogP contribution in [0.25, 0.3) is 0 Å². The molecular formula is C9H12F2N2O. The molecule has 0 bridgehead atoms. The molecule has 0 aliphatic rings. The van der Waals surface area contributed by atoms with Gasteiger partial charge in [0.15, 0.2) is 17.5 Å². The molecule has 0 spiro atoms. The van der Waals surface area contributed by atoms with Gasteiger partial charge in [-0.15, -0.1) is 0 Å². The zero-order chi connectivity index (χ0) is 10.6. The van der Waals surface area contributed by atoms with Crippen molar-refractivity contribution >= 4 is 5.82 Å². The van der Waals surface area contributed by atoms with Gasteiger partial charge in [-0.1, -0.05) is 13.3 Å². The largest absolute Gasteiger partial charge is 0.476 e. The topological polar surface area (TPSA) is 48.1 Å². The van der Waals surface area contributed by atoms with Crippen LogP contribution >= 0.6 is 0 Å².